The molecule has 0 bridgehead atoms. The van der Waals surface area contributed by atoms with Crippen molar-refractivity contribution >= 4 is 0 Å². The maximum absolute atomic E-state index is 5.76. The van der Waals surface area contributed by atoms with Crippen LogP contribution in [0.4, 0.5) is 0 Å². The molecule has 0 aliphatic heterocycles. The summed E-state index contributed by atoms with van der Waals surface area (Å²) in [6.45, 7) is 6.52. The second-order valence-electron chi connectivity index (χ2n) is 4.65. The summed E-state index contributed by atoms with van der Waals surface area (Å²) in [4.78, 5) is 4.48. The van der Waals surface area contributed by atoms with Gasteiger partial charge in [0.1, 0.15) is 11.5 Å². The average molecular weight is 286 g/mol. The number of nitrogens with one attached hydrogen (secondary N) is 1. The fourth-order valence-electron chi connectivity index (χ4n) is 1.90. The molecule has 2 rings (SSSR count). The zero-order chi connectivity index (χ0) is 14.9. The molecule has 112 valence electrons. The Morgan fingerprint density at radius 3 is 2.48 bits per heavy atom. The lowest BCUT2D eigenvalue weighted by atomic mass is 10.3. The van der Waals surface area contributed by atoms with Crippen LogP contribution in [0, 0.1) is 0 Å². The Morgan fingerprint density at radius 1 is 1.00 bits per heavy atom. The summed E-state index contributed by atoms with van der Waals surface area (Å²) < 4.78 is 11.2. The first-order valence-electron chi connectivity index (χ1n) is 7.39. The topological polar surface area (TPSA) is 43.4 Å². The number of hydrogen-bond acceptors (Lipinski definition) is 4. The van der Waals surface area contributed by atoms with Crippen LogP contribution in [0.25, 0.3) is 0 Å². The molecule has 2 aromatic rings. The van der Waals surface area contributed by atoms with Gasteiger partial charge < -0.3 is 14.8 Å². The molecule has 0 aliphatic rings. The number of pyridine rings is 1. The van der Waals surface area contributed by atoms with Crippen LogP contribution >= 0.6 is 0 Å². The van der Waals surface area contributed by atoms with Crippen LogP contribution in [-0.4, -0.2) is 18.1 Å². The molecule has 1 aromatic heterocycles. The lowest BCUT2D eigenvalue weighted by molar-refractivity contribution is 0.339. The highest BCUT2D eigenvalue weighted by Crippen LogP contribution is 2.22. The smallest absolute Gasteiger partial charge is 0.219 e. The van der Waals surface area contributed by atoms with E-state index >= 15 is 0 Å². The standard InChI is InChI=1S/C17H22N2O2/c1-3-12-18-13-14-6-5-7-17(19-14)21-16-10-8-15(9-11-16)20-4-2/h5-11,18H,3-4,12-13H2,1-2H3. The minimum absolute atomic E-state index is 0.606. The summed E-state index contributed by atoms with van der Waals surface area (Å²) in [5.41, 5.74) is 0.979. The van der Waals surface area contributed by atoms with Gasteiger partial charge >= 0.3 is 0 Å². The second-order valence-corrected chi connectivity index (χ2v) is 4.65. The maximum atomic E-state index is 5.76. The van der Waals surface area contributed by atoms with Gasteiger partial charge in [0, 0.05) is 12.6 Å². The van der Waals surface area contributed by atoms with E-state index in [9.17, 15) is 0 Å². The molecule has 0 unspecified atom stereocenters. The fourth-order valence-corrected chi connectivity index (χ4v) is 1.90. The zero-order valence-corrected chi connectivity index (χ0v) is 12.6. The van der Waals surface area contributed by atoms with Crippen LogP contribution in [-0.2, 0) is 6.54 Å². The van der Waals surface area contributed by atoms with Gasteiger partial charge in [-0.15, -0.1) is 0 Å². The number of rotatable bonds is 8. The Kier molecular flexibility index (Phi) is 6.03. The SMILES string of the molecule is CCCNCc1cccc(Oc2ccc(OCC)cc2)n1. The van der Waals surface area contributed by atoms with E-state index in [-0.39, 0.29) is 0 Å². The molecule has 0 spiro atoms. The quantitative estimate of drug-likeness (QED) is 0.750. The van der Waals surface area contributed by atoms with Gasteiger partial charge in [-0.1, -0.05) is 13.0 Å². The van der Waals surface area contributed by atoms with Crippen LogP contribution in [0.3, 0.4) is 0 Å². The summed E-state index contributed by atoms with van der Waals surface area (Å²) in [6.07, 6.45) is 1.11. The molecule has 0 radical (unpaired) electrons. The van der Waals surface area contributed by atoms with E-state index in [1.807, 2.05) is 49.4 Å². The van der Waals surface area contributed by atoms with Crippen molar-refractivity contribution in [1.82, 2.24) is 10.3 Å². The third kappa shape index (κ3) is 5.08. The lowest BCUT2D eigenvalue weighted by Gasteiger charge is -2.08. The highest BCUT2D eigenvalue weighted by molar-refractivity contribution is 5.33. The molecule has 1 heterocycles. The van der Waals surface area contributed by atoms with E-state index in [1.54, 1.807) is 0 Å². The van der Waals surface area contributed by atoms with Crippen molar-refractivity contribution < 1.29 is 9.47 Å². The first-order chi connectivity index (χ1) is 10.3. The van der Waals surface area contributed by atoms with Crippen LogP contribution in [0.1, 0.15) is 26.0 Å². The molecule has 0 amide bonds. The molecule has 1 aromatic carbocycles. The number of aromatic nitrogens is 1. The minimum atomic E-state index is 0.606. The first kappa shape index (κ1) is 15.3. The highest BCUT2D eigenvalue weighted by atomic mass is 16.5. The van der Waals surface area contributed by atoms with Gasteiger partial charge in [0.25, 0.3) is 0 Å². The first-order valence-corrected chi connectivity index (χ1v) is 7.39. The van der Waals surface area contributed by atoms with Gasteiger partial charge in [-0.05, 0) is 50.2 Å². The molecule has 21 heavy (non-hydrogen) atoms. The number of nitrogens with zero attached hydrogens (tertiary/aromatic N) is 1. The van der Waals surface area contributed by atoms with E-state index in [0.29, 0.717) is 12.5 Å². The van der Waals surface area contributed by atoms with E-state index in [4.69, 9.17) is 9.47 Å². The average Bonchev–Trinajstić information content (AvgIpc) is 2.50. The van der Waals surface area contributed by atoms with Crippen LogP contribution < -0.4 is 14.8 Å². The van der Waals surface area contributed by atoms with Crippen molar-refractivity contribution in [2.45, 2.75) is 26.8 Å². The fraction of sp³-hybridized carbons (Fsp3) is 0.353. The largest absolute Gasteiger partial charge is 0.494 e. The monoisotopic (exact) mass is 286 g/mol. The van der Waals surface area contributed by atoms with Crippen LogP contribution in [0.15, 0.2) is 42.5 Å². The van der Waals surface area contributed by atoms with Gasteiger partial charge in [-0.3, -0.25) is 0 Å². The van der Waals surface area contributed by atoms with Gasteiger partial charge in [-0.25, -0.2) is 4.98 Å². The Labute approximate surface area is 126 Å². The zero-order valence-electron chi connectivity index (χ0n) is 12.6. The highest BCUT2D eigenvalue weighted by Gasteiger charge is 2.01. The van der Waals surface area contributed by atoms with Crippen LogP contribution in [0.5, 0.6) is 17.4 Å². The molecule has 0 aliphatic carbocycles. The van der Waals surface area contributed by atoms with Crippen LogP contribution in [0.2, 0.25) is 0 Å². The van der Waals surface area contributed by atoms with Crippen molar-refractivity contribution in [3.63, 3.8) is 0 Å². The lowest BCUT2D eigenvalue weighted by Crippen LogP contribution is -2.14. The summed E-state index contributed by atoms with van der Waals surface area (Å²) in [5, 5.41) is 3.33. The predicted octanol–water partition coefficient (Wildman–Crippen LogP) is 3.77. The molecule has 0 saturated carbocycles. The summed E-state index contributed by atoms with van der Waals surface area (Å²) in [5.74, 6) is 2.20. The molecule has 1 N–H and O–H groups in total. The molecule has 0 fully saturated rings. The number of ether oxygens (including phenoxy) is 2. The van der Waals surface area contributed by atoms with E-state index < -0.39 is 0 Å². The summed E-state index contributed by atoms with van der Waals surface area (Å²) in [7, 11) is 0. The number of hydrogen-bond donors (Lipinski definition) is 1. The summed E-state index contributed by atoms with van der Waals surface area (Å²) in [6, 6.07) is 13.4. The third-order valence-electron chi connectivity index (χ3n) is 2.87. The molecule has 0 saturated heterocycles. The Balaban J connectivity index is 1.96. The summed E-state index contributed by atoms with van der Waals surface area (Å²) >= 11 is 0. The van der Waals surface area contributed by atoms with Crippen molar-refractivity contribution in [2.24, 2.45) is 0 Å². The molecule has 4 heteroatoms. The molecule has 4 nitrogen and oxygen atoms in total. The predicted molar refractivity (Wildman–Crippen MR) is 83.9 cm³/mol. The molecular formula is C17H22N2O2. The van der Waals surface area contributed by atoms with E-state index in [1.165, 1.54) is 0 Å². The maximum Gasteiger partial charge on any atom is 0.219 e. The van der Waals surface area contributed by atoms with E-state index in [0.717, 1.165) is 36.7 Å². The van der Waals surface area contributed by atoms with Crippen molar-refractivity contribution in [3.8, 4) is 17.4 Å². The van der Waals surface area contributed by atoms with Gasteiger partial charge in [0.15, 0.2) is 0 Å². The van der Waals surface area contributed by atoms with Gasteiger partial charge in [0.05, 0.1) is 12.3 Å². The van der Waals surface area contributed by atoms with Crippen molar-refractivity contribution in [2.75, 3.05) is 13.2 Å². The second kappa shape index (κ2) is 8.27. The van der Waals surface area contributed by atoms with E-state index in [2.05, 4.69) is 17.2 Å². The van der Waals surface area contributed by atoms with Gasteiger partial charge in [-0.2, -0.15) is 0 Å². The molecule has 0 atom stereocenters. The Hall–Kier alpha value is -2.07. The minimum Gasteiger partial charge on any atom is -0.494 e. The third-order valence-corrected chi connectivity index (χ3v) is 2.87. The Morgan fingerprint density at radius 2 is 1.76 bits per heavy atom. The number of benzene rings is 1. The Bertz CT molecular complexity index is 541. The van der Waals surface area contributed by atoms with Crippen molar-refractivity contribution in [3.05, 3.63) is 48.2 Å². The molecular weight excluding hydrogens is 264 g/mol. The van der Waals surface area contributed by atoms with Crippen molar-refractivity contribution in [1.29, 1.82) is 0 Å². The van der Waals surface area contributed by atoms with Gasteiger partial charge in [0.2, 0.25) is 5.88 Å². The normalized spacial score (nSPS) is 10.4.